The van der Waals surface area contributed by atoms with E-state index < -0.39 is 0 Å². The highest BCUT2D eigenvalue weighted by Crippen LogP contribution is 2.29. The van der Waals surface area contributed by atoms with Crippen LogP contribution < -0.4 is 5.76 Å². The molecule has 3 heteroatoms. The zero-order valence-corrected chi connectivity index (χ0v) is 10.6. The van der Waals surface area contributed by atoms with Crippen LogP contribution in [0.25, 0.3) is 27.6 Å². The second-order valence-corrected chi connectivity index (χ2v) is 4.68. The van der Waals surface area contributed by atoms with Gasteiger partial charge in [0, 0.05) is 17.1 Å². The van der Waals surface area contributed by atoms with Gasteiger partial charge in [0.2, 0.25) is 0 Å². The molecule has 0 unspecified atom stereocenters. The third kappa shape index (κ3) is 1.50. The fraction of sp³-hybridized carbons (Fsp3) is 0. The summed E-state index contributed by atoms with van der Waals surface area (Å²) in [5.41, 5.74) is 1.72. The average molecular weight is 261 g/mol. The molecule has 4 aromatic rings. The van der Waals surface area contributed by atoms with Crippen LogP contribution in [0.3, 0.4) is 0 Å². The van der Waals surface area contributed by atoms with Crippen molar-refractivity contribution in [1.82, 2.24) is 4.40 Å². The predicted octanol–water partition coefficient (Wildman–Crippen LogP) is 3.71. The number of rotatable bonds is 1. The van der Waals surface area contributed by atoms with Crippen LogP contribution in [-0.4, -0.2) is 4.40 Å². The summed E-state index contributed by atoms with van der Waals surface area (Å²) in [7, 11) is 0. The van der Waals surface area contributed by atoms with E-state index in [-0.39, 0.29) is 5.76 Å². The van der Waals surface area contributed by atoms with Crippen molar-refractivity contribution < 1.29 is 4.42 Å². The van der Waals surface area contributed by atoms with Gasteiger partial charge in [-0.05, 0) is 11.5 Å². The van der Waals surface area contributed by atoms with Crippen LogP contribution in [0.5, 0.6) is 0 Å². The maximum atomic E-state index is 12.0. The summed E-state index contributed by atoms with van der Waals surface area (Å²) in [5.74, 6) is 0.261. The lowest BCUT2D eigenvalue weighted by atomic mass is 10.1. The van der Waals surface area contributed by atoms with Crippen LogP contribution in [0.4, 0.5) is 0 Å². The lowest BCUT2D eigenvalue weighted by Crippen LogP contribution is -2.04. The van der Waals surface area contributed by atoms with Gasteiger partial charge in [-0.25, -0.2) is 9.20 Å². The molecular weight excluding hydrogens is 250 g/mol. The van der Waals surface area contributed by atoms with Crippen LogP contribution >= 0.6 is 0 Å². The number of aromatic nitrogens is 1. The van der Waals surface area contributed by atoms with E-state index in [1.165, 1.54) is 0 Å². The van der Waals surface area contributed by atoms with Gasteiger partial charge in [-0.2, -0.15) is 0 Å². The van der Waals surface area contributed by atoms with Gasteiger partial charge in [0.25, 0.3) is 0 Å². The molecule has 0 amide bonds. The Labute approximate surface area is 114 Å². The minimum atomic E-state index is -0.357. The fourth-order valence-corrected chi connectivity index (χ4v) is 2.57. The molecule has 0 bridgehead atoms. The van der Waals surface area contributed by atoms with E-state index in [2.05, 4.69) is 0 Å². The Morgan fingerprint density at radius 2 is 1.60 bits per heavy atom. The van der Waals surface area contributed by atoms with Gasteiger partial charge in [-0.3, -0.25) is 0 Å². The van der Waals surface area contributed by atoms with Crippen molar-refractivity contribution in [2.24, 2.45) is 0 Å². The molecule has 20 heavy (non-hydrogen) atoms. The quantitative estimate of drug-likeness (QED) is 0.523. The SMILES string of the molecule is O=c1oc(-c2ccccc2)c2c3ccccc3ccn12. The van der Waals surface area contributed by atoms with E-state index in [4.69, 9.17) is 4.42 Å². The summed E-state index contributed by atoms with van der Waals surface area (Å²) >= 11 is 0. The lowest BCUT2D eigenvalue weighted by Gasteiger charge is -2.02. The van der Waals surface area contributed by atoms with E-state index in [0.717, 1.165) is 21.9 Å². The van der Waals surface area contributed by atoms with Crippen molar-refractivity contribution in [1.29, 1.82) is 0 Å². The topological polar surface area (TPSA) is 34.6 Å². The first-order valence-corrected chi connectivity index (χ1v) is 6.43. The number of hydrogen-bond donors (Lipinski definition) is 0. The molecule has 2 heterocycles. The van der Waals surface area contributed by atoms with Gasteiger partial charge >= 0.3 is 5.76 Å². The van der Waals surface area contributed by atoms with Gasteiger partial charge in [-0.1, -0.05) is 54.6 Å². The zero-order chi connectivity index (χ0) is 13.5. The first kappa shape index (κ1) is 11.1. The summed E-state index contributed by atoms with van der Waals surface area (Å²) in [6.07, 6.45) is 1.76. The molecule has 4 rings (SSSR count). The third-order valence-electron chi connectivity index (χ3n) is 3.50. The van der Waals surface area contributed by atoms with Crippen LogP contribution in [-0.2, 0) is 0 Å². The van der Waals surface area contributed by atoms with Crippen LogP contribution in [0, 0.1) is 0 Å². The Balaban J connectivity index is 2.22. The van der Waals surface area contributed by atoms with Crippen LogP contribution in [0.1, 0.15) is 0 Å². The first-order chi connectivity index (χ1) is 9.84. The Morgan fingerprint density at radius 1 is 0.850 bits per heavy atom. The molecule has 0 spiro atoms. The summed E-state index contributed by atoms with van der Waals surface area (Å²) < 4.78 is 7.03. The van der Waals surface area contributed by atoms with Crippen molar-refractivity contribution in [3.05, 3.63) is 77.4 Å². The lowest BCUT2D eigenvalue weighted by molar-refractivity contribution is 0.520. The fourth-order valence-electron chi connectivity index (χ4n) is 2.57. The molecule has 0 fully saturated rings. The normalized spacial score (nSPS) is 11.2. The molecule has 0 saturated heterocycles. The Hall–Kier alpha value is -2.81. The van der Waals surface area contributed by atoms with E-state index in [0.29, 0.717) is 5.76 Å². The maximum absolute atomic E-state index is 12.0. The minimum absolute atomic E-state index is 0.357. The Morgan fingerprint density at radius 3 is 2.45 bits per heavy atom. The average Bonchev–Trinajstić information content (AvgIpc) is 2.86. The summed E-state index contributed by atoms with van der Waals surface area (Å²) in [6, 6.07) is 19.6. The number of oxazole rings is 1. The van der Waals surface area contributed by atoms with Crippen molar-refractivity contribution in [2.75, 3.05) is 0 Å². The zero-order valence-electron chi connectivity index (χ0n) is 10.6. The summed E-state index contributed by atoms with van der Waals surface area (Å²) in [5, 5.41) is 2.10. The Bertz CT molecular complexity index is 965. The minimum Gasteiger partial charge on any atom is -0.407 e. The molecule has 2 aromatic heterocycles. The molecule has 2 aromatic carbocycles. The molecule has 96 valence electrons. The van der Waals surface area contributed by atoms with E-state index in [1.54, 1.807) is 10.6 Å². The number of hydrogen-bond acceptors (Lipinski definition) is 2. The van der Waals surface area contributed by atoms with Crippen molar-refractivity contribution in [2.45, 2.75) is 0 Å². The highest BCUT2D eigenvalue weighted by atomic mass is 16.4. The van der Waals surface area contributed by atoms with Gasteiger partial charge < -0.3 is 4.42 Å². The number of fused-ring (bicyclic) bond motifs is 3. The maximum Gasteiger partial charge on any atom is 0.424 e. The van der Waals surface area contributed by atoms with E-state index >= 15 is 0 Å². The molecule has 0 atom stereocenters. The highest BCUT2D eigenvalue weighted by molar-refractivity contribution is 6.01. The molecule has 3 nitrogen and oxygen atoms in total. The van der Waals surface area contributed by atoms with Crippen LogP contribution in [0.2, 0.25) is 0 Å². The monoisotopic (exact) mass is 261 g/mol. The van der Waals surface area contributed by atoms with E-state index in [9.17, 15) is 4.79 Å². The van der Waals surface area contributed by atoms with Gasteiger partial charge in [0.1, 0.15) is 5.52 Å². The highest BCUT2D eigenvalue weighted by Gasteiger charge is 2.14. The molecule has 0 radical (unpaired) electrons. The molecule has 0 N–H and O–H groups in total. The van der Waals surface area contributed by atoms with Crippen molar-refractivity contribution in [3.8, 4) is 11.3 Å². The molecular formula is C17H11NO2. The summed E-state index contributed by atoms with van der Waals surface area (Å²) in [4.78, 5) is 12.0. The number of benzene rings is 2. The van der Waals surface area contributed by atoms with Gasteiger partial charge in [0.15, 0.2) is 5.76 Å². The first-order valence-electron chi connectivity index (χ1n) is 6.43. The molecule has 0 aliphatic heterocycles. The summed E-state index contributed by atoms with van der Waals surface area (Å²) in [6.45, 7) is 0. The second-order valence-electron chi connectivity index (χ2n) is 4.68. The largest absolute Gasteiger partial charge is 0.424 e. The van der Waals surface area contributed by atoms with E-state index in [1.807, 2.05) is 60.7 Å². The molecule has 0 saturated carbocycles. The Kier molecular flexibility index (Phi) is 2.27. The number of pyridine rings is 1. The molecule has 0 aliphatic rings. The van der Waals surface area contributed by atoms with Gasteiger partial charge in [-0.15, -0.1) is 0 Å². The van der Waals surface area contributed by atoms with Crippen molar-refractivity contribution >= 4 is 16.3 Å². The standard InChI is InChI=1S/C17H11NO2/c19-17-18-11-10-12-6-4-5-9-14(12)15(18)16(20-17)13-7-2-1-3-8-13/h1-11H. The van der Waals surface area contributed by atoms with Crippen LogP contribution in [0.15, 0.2) is 76.1 Å². The van der Waals surface area contributed by atoms with Gasteiger partial charge in [0.05, 0.1) is 0 Å². The predicted molar refractivity (Wildman–Crippen MR) is 78.9 cm³/mol. The second kappa shape index (κ2) is 4.10. The van der Waals surface area contributed by atoms with Crippen molar-refractivity contribution in [3.63, 3.8) is 0 Å². The molecule has 0 aliphatic carbocycles. The third-order valence-corrected chi connectivity index (χ3v) is 3.50. The number of nitrogens with zero attached hydrogens (tertiary/aromatic N) is 1. The smallest absolute Gasteiger partial charge is 0.407 e.